The van der Waals surface area contributed by atoms with Gasteiger partial charge in [0.05, 0.1) is 10.3 Å². The molecule has 0 aromatic heterocycles. The van der Waals surface area contributed by atoms with Crippen LogP contribution in [-0.4, -0.2) is 16.9 Å². The molecule has 0 bridgehead atoms. The Hall–Kier alpha value is -0.660. The van der Waals surface area contributed by atoms with Crippen molar-refractivity contribution in [3.05, 3.63) is 12.3 Å². The first-order valence-electron chi connectivity index (χ1n) is 6.17. The first-order chi connectivity index (χ1) is 8.41. The molecule has 0 fully saturated rings. The number of rotatable bonds is 11. The fourth-order valence-corrected chi connectivity index (χ4v) is 1.69. The van der Waals surface area contributed by atoms with Crippen molar-refractivity contribution in [2.24, 2.45) is 9.98 Å². The summed E-state index contributed by atoms with van der Waals surface area (Å²) in [4.78, 5) is 7.61. The lowest BCUT2D eigenvalue weighted by Gasteiger charge is -1.99. The van der Waals surface area contributed by atoms with E-state index in [1.807, 2.05) is 6.08 Å². The molecule has 0 heterocycles. The fourth-order valence-electron chi connectivity index (χ4n) is 1.54. The molecule has 0 spiro atoms. The second-order valence-electron chi connectivity index (χ2n) is 3.84. The number of thiocarbonyl (C=S) groups is 2. The number of unbranched alkanes of at least 4 members (excludes halogenated alkanes) is 7. The largest absolute Gasteiger partial charge is 0.233 e. The molecule has 0 saturated heterocycles. The van der Waals surface area contributed by atoms with Gasteiger partial charge in [0.1, 0.15) is 0 Å². The van der Waals surface area contributed by atoms with E-state index in [0.29, 0.717) is 0 Å². The maximum Gasteiger partial charge on any atom is 0.0634 e. The van der Waals surface area contributed by atoms with E-state index < -0.39 is 0 Å². The van der Waals surface area contributed by atoms with Crippen molar-refractivity contribution in [3.8, 4) is 0 Å². The second-order valence-corrected chi connectivity index (χ2v) is 4.21. The van der Waals surface area contributed by atoms with E-state index in [2.05, 4.69) is 44.7 Å². The molecule has 0 aliphatic carbocycles. The topological polar surface area (TPSA) is 24.7 Å². The molecule has 0 amide bonds. The normalized spacial score (nSPS) is 9.88. The molecular weight excluding hydrogens is 248 g/mol. The average molecular weight is 268 g/mol. The van der Waals surface area contributed by atoms with Crippen molar-refractivity contribution in [2.45, 2.75) is 51.4 Å². The SMILES string of the molecule is S=C=N/C=C\CCCCCCCCCN=C=S. The van der Waals surface area contributed by atoms with E-state index >= 15 is 0 Å². The Balaban J connectivity index is 3.08. The van der Waals surface area contributed by atoms with Crippen molar-refractivity contribution in [1.82, 2.24) is 0 Å². The summed E-state index contributed by atoms with van der Waals surface area (Å²) in [7, 11) is 0. The number of hydrogen-bond donors (Lipinski definition) is 0. The fraction of sp³-hybridized carbons (Fsp3) is 0.692. The Labute approximate surface area is 115 Å². The minimum absolute atomic E-state index is 0.842. The molecule has 0 radical (unpaired) electrons. The lowest BCUT2D eigenvalue weighted by atomic mass is 10.1. The zero-order chi connectivity index (χ0) is 12.6. The Kier molecular flexibility index (Phi) is 14.7. The van der Waals surface area contributed by atoms with E-state index in [1.54, 1.807) is 6.20 Å². The zero-order valence-corrected chi connectivity index (χ0v) is 11.9. The molecule has 0 aliphatic rings. The summed E-state index contributed by atoms with van der Waals surface area (Å²) < 4.78 is 0. The van der Waals surface area contributed by atoms with Crippen LogP contribution in [0.5, 0.6) is 0 Å². The van der Waals surface area contributed by atoms with Gasteiger partial charge in [0.2, 0.25) is 0 Å². The van der Waals surface area contributed by atoms with Gasteiger partial charge in [0.15, 0.2) is 0 Å². The van der Waals surface area contributed by atoms with Gasteiger partial charge in [-0.15, -0.1) is 0 Å². The predicted octanol–water partition coefficient (Wildman–Crippen LogP) is 4.83. The zero-order valence-electron chi connectivity index (χ0n) is 10.2. The molecule has 94 valence electrons. The van der Waals surface area contributed by atoms with Gasteiger partial charge >= 0.3 is 0 Å². The highest BCUT2D eigenvalue weighted by atomic mass is 32.1. The molecule has 4 heteroatoms. The average Bonchev–Trinajstić information content (AvgIpc) is 2.35. The van der Waals surface area contributed by atoms with E-state index in [1.165, 1.54) is 38.5 Å². The smallest absolute Gasteiger partial charge is 0.0634 e. The molecular formula is C13H20N2S2. The van der Waals surface area contributed by atoms with Crippen LogP contribution in [0.2, 0.25) is 0 Å². The molecule has 0 unspecified atom stereocenters. The molecule has 0 saturated carbocycles. The van der Waals surface area contributed by atoms with Crippen molar-refractivity contribution in [3.63, 3.8) is 0 Å². The molecule has 2 nitrogen and oxygen atoms in total. The third-order valence-electron chi connectivity index (χ3n) is 2.44. The van der Waals surface area contributed by atoms with Crippen LogP contribution in [0, 0.1) is 0 Å². The summed E-state index contributed by atoms with van der Waals surface area (Å²) in [6.07, 6.45) is 13.7. The van der Waals surface area contributed by atoms with Gasteiger partial charge in [-0.3, -0.25) is 0 Å². The summed E-state index contributed by atoms with van der Waals surface area (Å²) in [5.41, 5.74) is 0. The molecule has 0 rings (SSSR count). The highest BCUT2D eigenvalue weighted by molar-refractivity contribution is 7.78. The number of aliphatic imine (C=N–C) groups is 2. The number of hydrogen-bond acceptors (Lipinski definition) is 4. The number of allylic oxidation sites excluding steroid dienone is 1. The van der Waals surface area contributed by atoms with E-state index in [-0.39, 0.29) is 0 Å². The van der Waals surface area contributed by atoms with Gasteiger partial charge < -0.3 is 0 Å². The lowest BCUT2D eigenvalue weighted by Crippen LogP contribution is -1.83. The summed E-state index contributed by atoms with van der Waals surface area (Å²) in [5.74, 6) is 0. The molecule has 0 atom stereocenters. The van der Waals surface area contributed by atoms with Crippen LogP contribution in [0.4, 0.5) is 0 Å². The van der Waals surface area contributed by atoms with Gasteiger partial charge in [-0.25, -0.2) is 9.98 Å². The van der Waals surface area contributed by atoms with Crippen molar-refractivity contribution < 1.29 is 0 Å². The Morgan fingerprint density at radius 2 is 1.47 bits per heavy atom. The molecule has 0 aromatic rings. The van der Waals surface area contributed by atoms with Crippen molar-refractivity contribution in [2.75, 3.05) is 6.54 Å². The Bertz CT molecular complexity index is 288. The van der Waals surface area contributed by atoms with Crippen LogP contribution < -0.4 is 0 Å². The highest BCUT2D eigenvalue weighted by Crippen LogP contribution is 2.08. The van der Waals surface area contributed by atoms with Crippen LogP contribution in [-0.2, 0) is 0 Å². The standard InChI is InChI=1S/C13H20N2S2/c16-12-14-10-8-6-4-2-1-3-5-7-9-11-15-13-17/h8,10H,1-7,9,11H2/b10-8-. The maximum atomic E-state index is 4.50. The summed E-state index contributed by atoms with van der Waals surface area (Å²) in [6.45, 7) is 0.842. The highest BCUT2D eigenvalue weighted by Gasteiger charge is 1.90. The van der Waals surface area contributed by atoms with Crippen LogP contribution in [0.1, 0.15) is 51.4 Å². The quantitative estimate of drug-likeness (QED) is 0.305. The van der Waals surface area contributed by atoms with Gasteiger partial charge in [-0.1, -0.05) is 38.2 Å². The van der Waals surface area contributed by atoms with Crippen LogP contribution >= 0.6 is 24.4 Å². The lowest BCUT2D eigenvalue weighted by molar-refractivity contribution is 0.585. The third kappa shape index (κ3) is 15.3. The molecule has 0 N–H and O–H groups in total. The summed E-state index contributed by atoms with van der Waals surface area (Å²) in [6, 6.07) is 0. The van der Waals surface area contributed by atoms with Crippen LogP contribution in [0.25, 0.3) is 0 Å². The van der Waals surface area contributed by atoms with E-state index in [9.17, 15) is 0 Å². The monoisotopic (exact) mass is 268 g/mol. The first kappa shape index (κ1) is 16.3. The second kappa shape index (κ2) is 15.3. The number of isothiocyanates is 2. The van der Waals surface area contributed by atoms with Crippen molar-refractivity contribution in [1.29, 1.82) is 0 Å². The van der Waals surface area contributed by atoms with E-state index in [0.717, 1.165) is 19.4 Å². The van der Waals surface area contributed by atoms with Crippen LogP contribution in [0.3, 0.4) is 0 Å². The first-order valence-corrected chi connectivity index (χ1v) is 6.99. The van der Waals surface area contributed by atoms with E-state index in [4.69, 9.17) is 0 Å². The minimum Gasteiger partial charge on any atom is -0.233 e. The Morgan fingerprint density at radius 1 is 0.824 bits per heavy atom. The summed E-state index contributed by atoms with van der Waals surface area (Å²) >= 11 is 8.95. The van der Waals surface area contributed by atoms with Gasteiger partial charge in [-0.2, -0.15) is 0 Å². The minimum atomic E-state index is 0.842. The summed E-state index contributed by atoms with van der Waals surface area (Å²) in [5, 5.41) is 4.70. The van der Waals surface area contributed by atoms with Gasteiger partial charge in [0.25, 0.3) is 0 Å². The predicted molar refractivity (Wildman–Crippen MR) is 81.0 cm³/mol. The van der Waals surface area contributed by atoms with Crippen molar-refractivity contribution >= 4 is 34.8 Å². The van der Waals surface area contributed by atoms with Gasteiger partial charge in [0, 0.05) is 12.7 Å². The maximum absolute atomic E-state index is 4.50. The Morgan fingerprint density at radius 3 is 2.12 bits per heavy atom. The van der Waals surface area contributed by atoms with Gasteiger partial charge in [-0.05, 0) is 43.7 Å². The molecule has 0 aromatic carbocycles. The van der Waals surface area contributed by atoms with Crippen LogP contribution in [0.15, 0.2) is 22.3 Å². The molecule has 0 aliphatic heterocycles. The third-order valence-corrected chi connectivity index (χ3v) is 2.67. The molecule has 17 heavy (non-hydrogen) atoms. The number of nitrogens with zero attached hydrogens (tertiary/aromatic N) is 2.